The lowest BCUT2D eigenvalue weighted by molar-refractivity contribution is -0.133. The Balaban J connectivity index is 1.73. The third-order valence-corrected chi connectivity index (χ3v) is 4.75. The molecule has 110 valence electrons. The largest absolute Gasteiger partial charge is 0.343 e. The van der Waals surface area contributed by atoms with Crippen molar-refractivity contribution in [3.05, 3.63) is 0 Å². The van der Waals surface area contributed by atoms with Gasteiger partial charge in [-0.3, -0.25) is 4.79 Å². The lowest BCUT2D eigenvalue weighted by Gasteiger charge is -2.34. The van der Waals surface area contributed by atoms with Crippen LogP contribution in [0.1, 0.15) is 38.5 Å². The van der Waals surface area contributed by atoms with E-state index in [0.717, 1.165) is 51.2 Å². The average Bonchev–Trinajstić information content (AvgIpc) is 2.75. The van der Waals surface area contributed by atoms with Crippen LogP contribution in [0.2, 0.25) is 0 Å². The highest BCUT2D eigenvalue weighted by molar-refractivity contribution is 5.76. The number of carbonyl (C=O) groups excluding carboxylic acids is 1. The normalized spacial score (nSPS) is 29.2. The first-order valence-electron chi connectivity index (χ1n) is 7.74. The van der Waals surface area contributed by atoms with Crippen molar-refractivity contribution in [2.24, 2.45) is 17.6 Å². The summed E-state index contributed by atoms with van der Waals surface area (Å²) in [5, 5.41) is 0. The van der Waals surface area contributed by atoms with E-state index < -0.39 is 0 Å². The molecule has 2 fully saturated rings. The molecule has 0 unspecified atom stereocenters. The van der Waals surface area contributed by atoms with Gasteiger partial charge in [0, 0.05) is 32.1 Å². The summed E-state index contributed by atoms with van der Waals surface area (Å²) in [6.07, 6.45) is 6.43. The second-order valence-corrected chi connectivity index (χ2v) is 6.65. The van der Waals surface area contributed by atoms with E-state index in [2.05, 4.69) is 23.9 Å². The lowest BCUT2D eigenvalue weighted by Crippen LogP contribution is -2.42. The highest BCUT2D eigenvalue weighted by atomic mass is 16.2. The van der Waals surface area contributed by atoms with Crippen LogP contribution in [0.3, 0.4) is 0 Å². The molecular weight excluding hydrogens is 238 g/mol. The van der Waals surface area contributed by atoms with Crippen molar-refractivity contribution >= 4 is 5.91 Å². The fraction of sp³-hybridized carbons (Fsp3) is 0.933. The molecule has 2 aliphatic rings. The standard InChI is InChI=1S/C15H29N3O/c1-17(2)11-12-6-8-18(9-7-12)15(19)10-13-4-3-5-14(13)16/h12-14H,3-11,16H2,1-2H3/t13-,14+/m0/s1. The van der Waals surface area contributed by atoms with Crippen molar-refractivity contribution in [2.75, 3.05) is 33.7 Å². The fourth-order valence-corrected chi connectivity index (χ4v) is 3.55. The number of carbonyl (C=O) groups is 1. The molecule has 2 rings (SSSR count). The van der Waals surface area contributed by atoms with E-state index in [1.807, 2.05) is 0 Å². The van der Waals surface area contributed by atoms with Crippen LogP contribution in [-0.2, 0) is 4.79 Å². The van der Waals surface area contributed by atoms with E-state index >= 15 is 0 Å². The van der Waals surface area contributed by atoms with Crippen LogP contribution in [0.15, 0.2) is 0 Å². The Morgan fingerprint density at radius 2 is 1.89 bits per heavy atom. The molecule has 0 aromatic carbocycles. The molecule has 0 spiro atoms. The minimum absolute atomic E-state index is 0.259. The van der Waals surface area contributed by atoms with Crippen molar-refractivity contribution in [1.82, 2.24) is 9.80 Å². The fourth-order valence-electron chi connectivity index (χ4n) is 3.55. The maximum absolute atomic E-state index is 12.3. The molecule has 1 heterocycles. The average molecular weight is 267 g/mol. The first-order valence-corrected chi connectivity index (χ1v) is 7.74. The summed E-state index contributed by atoms with van der Waals surface area (Å²) in [5.74, 6) is 1.53. The summed E-state index contributed by atoms with van der Waals surface area (Å²) >= 11 is 0. The van der Waals surface area contributed by atoms with Crippen molar-refractivity contribution in [3.63, 3.8) is 0 Å². The van der Waals surface area contributed by atoms with Gasteiger partial charge in [0.2, 0.25) is 5.91 Å². The number of piperidine rings is 1. The Morgan fingerprint density at radius 1 is 1.21 bits per heavy atom. The van der Waals surface area contributed by atoms with E-state index in [1.165, 1.54) is 6.42 Å². The number of likely N-dealkylation sites (tertiary alicyclic amines) is 1. The molecule has 0 bridgehead atoms. The van der Waals surface area contributed by atoms with Gasteiger partial charge < -0.3 is 15.5 Å². The summed E-state index contributed by atoms with van der Waals surface area (Å²) in [6.45, 7) is 3.04. The van der Waals surface area contributed by atoms with Gasteiger partial charge in [0.05, 0.1) is 0 Å². The number of nitrogens with two attached hydrogens (primary N) is 1. The molecule has 2 atom stereocenters. The van der Waals surface area contributed by atoms with Gasteiger partial charge >= 0.3 is 0 Å². The van der Waals surface area contributed by atoms with Crippen molar-refractivity contribution in [3.8, 4) is 0 Å². The Morgan fingerprint density at radius 3 is 2.42 bits per heavy atom. The van der Waals surface area contributed by atoms with Gasteiger partial charge in [-0.2, -0.15) is 0 Å². The molecule has 4 heteroatoms. The monoisotopic (exact) mass is 267 g/mol. The number of hydrogen-bond donors (Lipinski definition) is 1. The highest BCUT2D eigenvalue weighted by Crippen LogP contribution is 2.28. The third kappa shape index (κ3) is 4.18. The van der Waals surface area contributed by atoms with E-state index in [4.69, 9.17) is 5.73 Å². The van der Waals surface area contributed by atoms with Gasteiger partial charge in [0.15, 0.2) is 0 Å². The Bertz CT molecular complexity index is 298. The lowest BCUT2D eigenvalue weighted by atomic mass is 9.94. The molecule has 1 saturated heterocycles. The molecular formula is C15H29N3O. The molecule has 1 saturated carbocycles. The first-order chi connectivity index (χ1) is 9.06. The Kier molecular flexibility index (Phi) is 5.22. The smallest absolute Gasteiger partial charge is 0.222 e. The van der Waals surface area contributed by atoms with Crippen LogP contribution in [0.5, 0.6) is 0 Å². The molecule has 4 nitrogen and oxygen atoms in total. The predicted octanol–water partition coefficient (Wildman–Crippen LogP) is 1.30. The van der Waals surface area contributed by atoms with E-state index in [0.29, 0.717) is 18.2 Å². The molecule has 0 aromatic heterocycles. The minimum Gasteiger partial charge on any atom is -0.343 e. The SMILES string of the molecule is CN(C)CC1CCN(C(=O)C[C@@H]2CCC[C@H]2N)CC1. The van der Waals surface area contributed by atoms with Crippen LogP contribution in [0.25, 0.3) is 0 Å². The van der Waals surface area contributed by atoms with Crippen molar-refractivity contribution in [2.45, 2.75) is 44.6 Å². The third-order valence-electron chi connectivity index (χ3n) is 4.75. The summed E-state index contributed by atoms with van der Waals surface area (Å²) in [5.41, 5.74) is 6.06. The van der Waals surface area contributed by atoms with Crippen LogP contribution in [-0.4, -0.2) is 55.5 Å². The topological polar surface area (TPSA) is 49.6 Å². The predicted molar refractivity (Wildman–Crippen MR) is 77.8 cm³/mol. The zero-order valence-corrected chi connectivity index (χ0v) is 12.5. The van der Waals surface area contributed by atoms with Gasteiger partial charge in [-0.25, -0.2) is 0 Å². The maximum atomic E-state index is 12.3. The number of nitrogens with zero attached hydrogens (tertiary/aromatic N) is 2. The minimum atomic E-state index is 0.259. The van der Waals surface area contributed by atoms with Crippen molar-refractivity contribution in [1.29, 1.82) is 0 Å². The highest BCUT2D eigenvalue weighted by Gasteiger charge is 2.29. The molecule has 1 aliphatic heterocycles. The summed E-state index contributed by atoms with van der Waals surface area (Å²) in [6, 6.07) is 0.259. The van der Waals surface area contributed by atoms with Crippen LogP contribution in [0.4, 0.5) is 0 Å². The zero-order valence-electron chi connectivity index (χ0n) is 12.5. The quantitative estimate of drug-likeness (QED) is 0.835. The van der Waals surface area contributed by atoms with Crippen LogP contribution in [0, 0.1) is 11.8 Å². The zero-order chi connectivity index (χ0) is 13.8. The van der Waals surface area contributed by atoms with E-state index in [9.17, 15) is 4.79 Å². The van der Waals surface area contributed by atoms with Gasteiger partial charge in [-0.15, -0.1) is 0 Å². The van der Waals surface area contributed by atoms with Gasteiger partial charge in [0.25, 0.3) is 0 Å². The molecule has 19 heavy (non-hydrogen) atoms. The number of hydrogen-bond acceptors (Lipinski definition) is 3. The molecule has 1 aliphatic carbocycles. The first kappa shape index (κ1) is 14.8. The molecule has 0 aromatic rings. The van der Waals surface area contributed by atoms with Crippen LogP contribution >= 0.6 is 0 Å². The van der Waals surface area contributed by atoms with Crippen LogP contribution < -0.4 is 5.73 Å². The maximum Gasteiger partial charge on any atom is 0.222 e. The Labute approximate surface area is 117 Å². The number of rotatable bonds is 4. The summed E-state index contributed by atoms with van der Waals surface area (Å²) in [4.78, 5) is 16.6. The molecule has 1 amide bonds. The van der Waals surface area contributed by atoms with Crippen molar-refractivity contribution < 1.29 is 4.79 Å². The summed E-state index contributed by atoms with van der Waals surface area (Å²) in [7, 11) is 4.25. The summed E-state index contributed by atoms with van der Waals surface area (Å²) < 4.78 is 0. The number of amides is 1. The van der Waals surface area contributed by atoms with E-state index in [1.54, 1.807) is 0 Å². The van der Waals surface area contributed by atoms with Gasteiger partial charge in [0.1, 0.15) is 0 Å². The molecule has 2 N–H and O–H groups in total. The van der Waals surface area contributed by atoms with Gasteiger partial charge in [-0.1, -0.05) is 6.42 Å². The second kappa shape index (κ2) is 6.71. The molecule has 0 radical (unpaired) electrons. The Hall–Kier alpha value is -0.610. The van der Waals surface area contributed by atoms with Gasteiger partial charge in [-0.05, 0) is 51.6 Å². The van der Waals surface area contributed by atoms with E-state index in [-0.39, 0.29) is 6.04 Å². The second-order valence-electron chi connectivity index (χ2n) is 6.65.